The number of hydrogen-bond acceptors (Lipinski definition) is 6. The molecule has 0 N–H and O–H groups in total. The molecule has 7 nitrogen and oxygen atoms in total. The van der Waals surface area contributed by atoms with E-state index in [1.165, 1.54) is 10.6 Å². The van der Waals surface area contributed by atoms with Gasteiger partial charge in [-0.1, -0.05) is 0 Å². The molecule has 1 aliphatic rings. The van der Waals surface area contributed by atoms with Crippen LogP contribution in [-0.2, 0) is 10.0 Å². The van der Waals surface area contributed by atoms with Gasteiger partial charge in [0.2, 0.25) is 16.0 Å². The zero-order chi connectivity index (χ0) is 13.9. The molecule has 2 heterocycles. The molecule has 1 aromatic rings. The molecule has 1 fully saturated rings. The van der Waals surface area contributed by atoms with Crippen molar-refractivity contribution < 1.29 is 8.42 Å². The van der Waals surface area contributed by atoms with Crippen molar-refractivity contribution in [2.24, 2.45) is 0 Å². The van der Waals surface area contributed by atoms with E-state index in [0.717, 1.165) is 0 Å². The maximum atomic E-state index is 11.5. The first-order valence-corrected chi connectivity index (χ1v) is 7.79. The van der Waals surface area contributed by atoms with E-state index < -0.39 is 10.0 Å². The van der Waals surface area contributed by atoms with Gasteiger partial charge in [-0.2, -0.15) is 5.26 Å². The van der Waals surface area contributed by atoms with Gasteiger partial charge in [0, 0.05) is 32.4 Å². The van der Waals surface area contributed by atoms with Gasteiger partial charge in [0.05, 0.1) is 6.26 Å². The molecule has 1 saturated heterocycles. The second-order valence-electron chi connectivity index (χ2n) is 4.36. The molecule has 19 heavy (non-hydrogen) atoms. The maximum absolute atomic E-state index is 11.5. The summed E-state index contributed by atoms with van der Waals surface area (Å²) in [4.78, 5) is 10.2. The van der Waals surface area contributed by atoms with E-state index in [9.17, 15) is 8.42 Å². The molecule has 0 amide bonds. The van der Waals surface area contributed by atoms with E-state index in [4.69, 9.17) is 5.26 Å². The highest BCUT2D eigenvalue weighted by atomic mass is 32.2. The molecule has 0 unspecified atom stereocenters. The van der Waals surface area contributed by atoms with Crippen LogP contribution < -0.4 is 4.90 Å². The molecular weight excluding hydrogens is 266 g/mol. The number of hydrogen-bond donors (Lipinski definition) is 0. The Hall–Kier alpha value is -1.72. The molecule has 0 spiro atoms. The predicted octanol–water partition coefficient (Wildman–Crippen LogP) is -0.180. The van der Waals surface area contributed by atoms with Gasteiger partial charge in [0.15, 0.2) is 0 Å². The maximum Gasteiger partial charge on any atom is 0.226 e. The first-order chi connectivity index (χ1) is 9.00. The molecule has 1 aromatic heterocycles. The van der Waals surface area contributed by atoms with Crippen LogP contribution in [0.2, 0.25) is 0 Å². The molecule has 0 atom stereocenters. The van der Waals surface area contributed by atoms with Crippen LogP contribution in [0.15, 0.2) is 12.3 Å². The van der Waals surface area contributed by atoms with Crippen molar-refractivity contribution in [3.63, 3.8) is 0 Å². The molecule has 0 saturated carbocycles. The van der Waals surface area contributed by atoms with Crippen LogP contribution in [0.1, 0.15) is 12.1 Å². The van der Waals surface area contributed by atoms with Crippen LogP contribution in [0.25, 0.3) is 0 Å². The first kappa shape index (κ1) is 13.7. The van der Waals surface area contributed by atoms with Crippen molar-refractivity contribution >= 4 is 16.0 Å². The Bertz CT molecular complexity index is 595. The Balaban J connectivity index is 2.13. The topological polar surface area (TPSA) is 90.2 Å². The molecule has 1 aliphatic heterocycles. The summed E-state index contributed by atoms with van der Waals surface area (Å²) in [5.74, 6) is 0.481. The molecule has 2 rings (SSSR count). The SMILES string of the molecule is CS(=O)(=O)N1CCCN(c2nccc(C#N)n2)CC1. The fourth-order valence-electron chi connectivity index (χ4n) is 1.99. The normalized spacial score (nSPS) is 17.8. The standard InChI is InChI=1S/C11H15N5O2S/c1-19(17,18)16-6-2-5-15(7-8-16)11-13-4-3-10(9-12)14-11/h3-4H,2,5-8H2,1H3. The average Bonchev–Trinajstić information content (AvgIpc) is 2.64. The first-order valence-electron chi connectivity index (χ1n) is 5.94. The zero-order valence-electron chi connectivity index (χ0n) is 10.7. The summed E-state index contributed by atoms with van der Waals surface area (Å²) in [5, 5.41) is 8.82. The average molecular weight is 281 g/mol. The minimum absolute atomic E-state index is 0.314. The van der Waals surface area contributed by atoms with E-state index >= 15 is 0 Å². The van der Waals surface area contributed by atoms with Crippen molar-refractivity contribution in [1.82, 2.24) is 14.3 Å². The zero-order valence-corrected chi connectivity index (χ0v) is 11.5. The molecule has 0 aromatic carbocycles. The lowest BCUT2D eigenvalue weighted by molar-refractivity contribution is 0.437. The number of nitriles is 1. The number of sulfonamides is 1. The van der Waals surface area contributed by atoms with E-state index in [0.29, 0.717) is 44.2 Å². The Kier molecular flexibility index (Phi) is 3.97. The molecule has 0 radical (unpaired) electrons. The highest BCUT2D eigenvalue weighted by molar-refractivity contribution is 7.88. The number of aromatic nitrogens is 2. The van der Waals surface area contributed by atoms with Crippen LogP contribution in [0.3, 0.4) is 0 Å². The summed E-state index contributed by atoms with van der Waals surface area (Å²) in [5.41, 5.74) is 0.314. The molecule has 8 heteroatoms. The minimum atomic E-state index is -3.15. The van der Waals surface area contributed by atoms with E-state index in [2.05, 4.69) is 9.97 Å². The summed E-state index contributed by atoms with van der Waals surface area (Å²) in [6.07, 6.45) is 3.47. The van der Waals surface area contributed by atoms with Gasteiger partial charge < -0.3 is 4.90 Å². The minimum Gasteiger partial charge on any atom is -0.339 e. The summed E-state index contributed by atoms with van der Waals surface area (Å²) in [6, 6.07) is 3.52. The van der Waals surface area contributed by atoms with Crippen LogP contribution in [0.5, 0.6) is 0 Å². The van der Waals surface area contributed by atoms with Gasteiger partial charge in [-0.3, -0.25) is 0 Å². The summed E-state index contributed by atoms with van der Waals surface area (Å²) >= 11 is 0. The predicted molar refractivity (Wildman–Crippen MR) is 70.0 cm³/mol. The van der Waals surface area contributed by atoms with Crippen LogP contribution in [0, 0.1) is 11.3 Å². The van der Waals surface area contributed by atoms with Crippen molar-refractivity contribution in [2.45, 2.75) is 6.42 Å². The number of nitrogens with zero attached hydrogens (tertiary/aromatic N) is 5. The lowest BCUT2D eigenvalue weighted by Crippen LogP contribution is -2.34. The fourth-order valence-corrected chi connectivity index (χ4v) is 2.86. The highest BCUT2D eigenvalue weighted by Crippen LogP contribution is 2.12. The van der Waals surface area contributed by atoms with Gasteiger partial charge in [0.1, 0.15) is 11.8 Å². The third kappa shape index (κ3) is 3.39. The van der Waals surface area contributed by atoms with Crippen molar-refractivity contribution in [3.05, 3.63) is 18.0 Å². The quantitative estimate of drug-likeness (QED) is 0.747. The monoisotopic (exact) mass is 281 g/mol. The van der Waals surface area contributed by atoms with Gasteiger partial charge >= 0.3 is 0 Å². The fraction of sp³-hybridized carbons (Fsp3) is 0.545. The molecule has 0 aliphatic carbocycles. The molecular formula is C11H15N5O2S. The van der Waals surface area contributed by atoms with E-state index in [1.807, 2.05) is 11.0 Å². The van der Waals surface area contributed by atoms with Crippen LogP contribution in [-0.4, -0.2) is 55.1 Å². The largest absolute Gasteiger partial charge is 0.339 e. The molecule has 102 valence electrons. The van der Waals surface area contributed by atoms with Crippen LogP contribution in [0.4, 0.5) is 5.95 Å². The number of rotatable bonds is 2. The van der Waals surface area contributed by atoms with Crippen LogP contribution >= 0.6 is 0 Å². The Morgan fingerprint density at radius 3 is 2.79 bits per heavy atom. The number of anilines is 1. The molecule has 0 bridgehead atoms. The van der Waals surface area contributed by atoms with Gasteiger partial charge in [-0.15, -0.1) is 0 Å². The Morgan fingerprint density at radius 2 is 2.11 bits per heavy atom. The summed E-state index contributed by atoms with van der Waals surface area (Å²) in [7, 11) is -3.15. The Labute approximate surface area is 112 Å². The van der Waals surface area contributed by atoms with Crippen molar-refractivity contribution in [1.29, 1.82) is 5.26 Å². The third-order valence-corrected chi connectivity index (χ3v) is 4.27. The lowest BCUT2D eigenvalue weighted by Gasteiger charge is -2.20. The van der Waals surface area contributed by atoms with E-state index in [-0.39, 0.29) is 0 Å². The van der Waals surface area contributed by atoms with Crippen molar-refractivity contribution in [3.8, 4) is 6.07 Å². The second-order valence-corrected chi connectivity index (χ2v) is 6.34. The third-order valence-electron chi connectivity index (χ3n) is 2.96. The van der Waals surface area contributed by atoms with Gasteiger partial charge in [0.25, 0.3) is 0 Å². The highest BCUT2D eigenvalue weighted by Gasteiger charge is 2.22. The summed E-state index contributed by atoms with van der Waals surface area (Å²) in [6.45, 7) is 2.13. The Morgan fingerprint density at radius 1 is 1.32 bits per heavy atom. The van der Waals surface area contributed by atoms with E-state index in [1.54, 1.807) is 12.3 Å². The van der Waals surface area contributed by atoms with Crippen molar-refractivity contribution in [2.75, 3.05) is 37.3 Å². The smallest absolute Gasteiger partial charge is 0.226 e. The van der Waals surface area contributed by atoms with Gasteiger partial charge in [-0.05, 0) is 12.5 Å². The lowest BCUT2D eigenvalue weighted by atomic mass is 10.4. The second kappa shape index (κ2) is 5.50. The van der Waals surface area contributed by atoms with Gasteiger partial charge in [-0.25, -0.2) is 22.7 Å². The summed E-state index contributed by atoms with van der Waals surface area (Å²) < 4.78 is 24.5.